The van der Waals surface area contributed by atoms with Gasteiger partial charge in [0, 0.05) is 6.42 Å². The lowest BCUT2D eigenvalue weighted by Crippen LogP contribution is -2.21. The maximum absolute atomic E-state index is 9.31. The maximum atomic E-state index is 9.31. The summed E-state index contributed by atoms with van der Waals surface area (Å²) < 4.78 is 0. The third kappa shape index (κ3) is 3.03. The highest BCUT2D eigenvalue weighted by Crippen LogP contribution is 2.04. The Morgan fingerprint density at radius 1 is 1.33 bits per heavy atom. The van der Waals surface area contributed by atoms with E-state index in [4.69, 9.17) is 0 Å². The summed E-state index contributed by atoms with van der Waals surface area (Å²) in [6, 6.07) is 9.89. The predicted octanol–water partition coefficient (Wildman–Crippen LogP) is 1.70. The van der Waals surface area contributed by atoms with Crippen molar-refractivity contribution in [2.45, 2.75) is 13.3 Å². The van der Waals surface area contributed by atoms with E-state index in [0.717, 1.165) is 12.1 Å². The van der Waals surface area contributed by atoms with Crippen LogP contribution in [0.25, 0.3) is 0 Å². The van der Waals surface area contributed by atoms with Crippen molar-refractivity contribution in [1.29, 1.82) is 0 Å². The number of aliphatic hydroxyl groups excluding tert-OH is 1. The van der Waals surface area contributed by atoms with E-state index < -0.39 is 0 Å². The zero-order valence-electron chi connectivity index (χ0n) is 7.25. The van der Waals surface area contributed by atoms with Crippen molar-refractivity contribution in [2.75, 3.05) is 6.54 Å². The Balaban J connectivity index is 2.41. The first-order valence-corrected chi connectivity index (χ1v) is 4.15. The zero-order valence-corrected chi connectivity index (χ0v) is 7.25. The number of nitrogens with one attached hydrogen (secondary N) is 1. The Kier molecular flexibility index (Phi) is 3.77. The normalized spacial score (nSPS) is 10.6. The number of rotatable bonds is 4. The summed E-state index contributed by atoms with van der Waals surface area (Å²) >= 11 is 0. The summed E-state index contributed by atoms with van der Waals surface area (Å²) in [7, 11) is 0. The molecular weight excluding hydrogens is 150 g/mol. The molecule has 1 aromatic carbocycles. The topological polar surface area (TPSA) is 32.3 Å². The summed E-state index contributed by atoms with van der Waals surface area (Å²) in [5.41, 5.74) is 1.12. The van der Waals surface area contributed by atoms with Gasteiger partial charge in [-0.25, -0.2) is 0 Å². The first kappa shape index (κ1) is 9.23. The minimum atomic E-state index is 0.337. The fourth-order valence-electron chi connectivity index (χ4n) is 1.06. The first-order chi connectivity index (χ1) is 5.83. The molecule has 0 unspecified atom stereocenters. The van der Waals surface area contributed by atoms with Crippen LogP contribution in [-0.2, 0) is 6.42 Å². The number of hydrogen-bond acceptors (Lipinski definition) is 2. The van der Waals surface area contributed by atoms with Gasteiger partial charge in [0.2, 0.25) is 0 Å². The second-order valence-electron chi connectivity index (χ2n) is 2.64. The summed E-state index contributed by atoms with van der Waals surface area (Å²) in [5.74, 6) is 0. The average molecular weight is 164 g/mol. The third-order valence-corrected chi connectivity index (χ3v) is 1.60. The highest BCUT2D eigenvalue weighted by atomic mass is 16.3. The van der Waals surface area contributed by atoms with Crippen molar-refractivity contribution < 1.29 is 5.11 Å². The van der Waals surface area contributed by atoms with Crippen LogP contribution < -0.4 is 5.32 Å². The van der Waals surface area contributed by atoms with Crippen LogP contribution in [0, 0.1) is 6.23 Å². The molecule has 1 rings (SSSR count). The highest BCUT2D eigenvalue weighted by molar-refractivity contribution is 5.16. The molecule has 0 bridgehead atoms. The quantitative estimate of drug-likeness (QED) is 0.710. The minimum absolute atomic E-state index is 0.337. The molecule has 0 aliphatic carbocycles. The lowest BCUT2D eigenvalue weighted by molar-refractivity contribution is 0.255. The first-order valence-electron chi connectivity index (χ1n) is 4.15. The van der Waals surface area contributed by atoms with Crippen LogP contribution in [-0.4, -0.2) is 11.7 Å². The Morgan fingerprint density at radius 3 is 2.58 bits per heavy atom. The molecule has 2 N–H and O–H groups in total. The molecule has 1 radical (unpaired) electrons. The van der Waals surface area contributed by atoms with E-state index in [-0.39, 0.29) is 0 Å². The molecule has 0 amide bonds. The van der Waals surface area contributed by atoms with Crippen LogP contribution in [0.5, 0.6) is 0 Å². The van der Waals surface area contributed by atoms with Gasteiger partial charge in [0.05, 0.1) is 0 Å². The standard InChI is InChI=1S/C10H14NO/c1-2-11-10(12)8-9-6-4-3-5-7-9/h3-7,11-12H,2,8H2,1H3. The van der Waals surface area contributed by atoms with Crippen molar-refractivity contribution >= 4 is 0 Å². The smallest absolute Gasteiger partial charge is 0.163 e. The molecule has 0 fully saturated rings. The lowest BCUT2D eigenvalue weighted by atomic mass is 10.1. The number of hydrogen-bond donors (Lipinski definition) is 2. The molecular formula is C10H14NO. The van der Waals surface area contributed by atoms with Crippen molar-refractivity contribution in [3.8, 4) is 0 Å². The largest absolute Gasteiger partial charge is 0.371 e. The van der Waals surface area contributed by atoms with Crippen LogP contribution in [0.1, 0.15) is 12.5 Å². The Bertz CT molecular complexity index is 210. The van der Waals surface area contributed by atoms with E-state index in [9.17, 15) is 5.11 Å². The van der Waals surface area contributed by atoms with Gasteiger partial charge < -0.3 is 5.11 Å². The summed E-state index contributed by atoms with van der Waals surface area (Å²) in [6.07, 6.45) is 0.929. The summed E-state index contributed by atoms with van der Waals surface area (Å²) in [4.78, 5) is 0. The molecule has 0 aliphatic rings. The zero-order chi connectivity index (χ0) is 8.81. The van der Waals surface area contributed by atoms with Gasteiger partial charge in [0.1, 0.15) is 0 Å². The van der Waals surface area contributed by atoms with Gasteiger partial charge in [-0.15, -0.1) is 0 Å². The molecule has 12 heavy (non-hydrogen) atoms. The van der Waals surface area contributed by atoms with E-state index in [0.29, 0.717) is 12.6 Å². The number of aliphatic hydroxyl groups is 1. The van der Waals surface area contributed by atoms with Crippen LogP contribution in [0.4, 0.5) is 0 Å². The maximum Gasteiger partial charge on any atom is 0.163 e. The van der Waals surface area contributed by atoms with Crippen molar-refractivity contribution in [1.82, 2.24) is 5.32 Å². The van der Waals surface area contributed by atoms with Crippen LogP contribution in [0.2, 0.25) is 0 Å². The fraction of sp³-hybridized carbons (Fsp3) is 0.300. The highest BCUT2D eigenvalue weighted by Gasteiger charge is 2.03. The molecule has 2 heteroatoms. The van der Waals surface area contributed by atoms with Gasteiger partial charge in [-0.05, 0) is 12.1 Å². The van der Waals surface area contributed by atoms with Crippen molar-refractivity contribution in [2.24, 2.45) is 0 Å². The van der Waals surface area contributed by atoms with Gasteiger partial charge in [-0.2, -0.15) is 0 Å². The minimum Gasteiger partial charge on any atom is -0.371 e. The van der Waals surface area contributed by atoms with Gasteiger partial charge in [-0.3, -0.25) is 5.32 Å². The van der Waals surface area contributed by atoms with Gasteiger partial charge in [0.15, 0.2) is 6.23 Å². The van der Waals surface area contributed by atoms with Gasteiger partial charge in [0.25, 0.3) is 0 Å². The predicted molar refractivity (Wildman–Crippen MR) is 49.0 cm³/mol. The van der Waals surface area contributed by atoms with E-state index >= 15 is 0 Å². The van der Waals surface area contributed by atoms with E-state index in [1.165, 1.54) is 0 Å². The number of likely N-dealkylation sites (N-methyl/N-ethyl adjacent to an activating group) is 1. The second-order valence-corrected chi connectivity index (χ2v) is 2.64. The molecule has 2 nitrogen and oxygen atoms in total. The van der Waals surface area contributed by atoms with Crippen LogP contribution in [0.15, 0.2) is 30.3 Å². The van der Waals surface area contributed by atoms with Gasteiger partial charge >= 0.3 is 0 Å². The molecule has 0 atom stereocenters. The molecule has 0 saturated carbocycles. The molecule has 65 valence electrons. The van der Waals surface area contributed by atoms with E-state index in [1.807, 2.05) is 37.3 Å². The van der Waals surface area contributed by atoms with E-state index in [2.05, 4.69) is 5.32 Å². The monoisotopic (exact) mass is 164 g/mol. The molecule has 0 spiro atoms. The SMILES string of the molecule is CCN[C](O)Cc1ccccc1. The molecule has 0 saturated heterocycles. The van der Waals surface area contributed by atoms with Gasteiger partial charge in [-0.1, -0.05) is 37.3 Å². The molecule has 1 aromatic rings. The van der Waals surface area contributed by atoms with Crippen molar-refractivity contribution in [3.05, 3.63) is 42.1 Å². The summed E-state index contributed by atoms with van der Waals surface area (Å²) in [6.45, 7) is 2.72. The average Bonchev–Trinajstić information content (AvgIpc) is 2.06. The second kappa shape index (κ2) is 4.91. The Hall–Kier alpha value is -0.860. The van der Waals surface area contributed by atoms with E-state index in [1.54, 1.807) is 0 Å². The lowest BCUT2D eigenvalue weighted by Gasteiger charge is -2.08. The van der Waals surface area contributed by atoms with Crippen LogP contribution in [0.3, 0.4) is 0 Å². The third-order valence-electron chi connectivity index (χ3n) is 1.60. The van der Waals surface area contributed by atoms with Crippen LogP contribution >= 0.6 is 0 Å². The summed E-state index contributed by atoms with van der Waals surface area (Å²) in [5, 5.41) is 12.2. The molecule has 0 heterocycles. The van der Waals surface area contributed by atoms with Crippen molar-refractivity contribution in [3.63, 3.8) is 0 Å². The molecule has 0 aromatic heterocycles. The fourth-order valence-corrected chi connectivity index (χ4v) is 1.06. The molecule has 0 aliphatic heterocycles. The number of benzene rings is 1. The Labute approximate surface area is 73.2 Å². The Morgan fingerprint density at radius 2 is 2.00 bits per heavy atom.